The van der Waals surface area contributed by atoms with E-state index in [0.717, 1.165) is 6.42 Å². The number of hydrogen-bond donors (Lipinski definition) is 3. The Balaban J connectivity index is 2.60. The van der Waals surface area contributed by atoms with E-state index in [9.17, 15) is 0 Å². The van der Waals surface area contributed by atoms with Crippen LogP contribution in [0.5, 0.6) is 5.88 Å². The maximum absolute atomic E-state index is 8.77. The standard InChI is InChI=1S/C10H18N4O2/c1-7(3-4-15)5-12-9-8(11)10(16-2)14-6-13-9/h6-7,15H,3-5,11H2,1-2H3,(H,12,13,14). The zero-order valence-electron chi connectivity index (χ0n) is 9.60. The van der Waals surface area contributed by atoms with Gasteiger partial charge < -0.3 is 20.9 Å². The van der Waals surface area contributed by atoms with Crippen LogP contribution in [0.2, 0.25) is 0 Å². The number of aliphatic hydroxyl groups excluding tert-OH is 1. The molecule has 0 bridgehead atoms. The van der Waals surface area contributed by atoms with Crippen LogP contribution in [0.25, 0.3) is 0 Å². The highest BCUT2D eigenvalue weighted by Gasteiger charge is 2.09. The summed E-state index contributed by atoms with van der Waals surface area (Å²) in [5.41, 5.74) is 6.20. The molecule has 0 aliphatic heterocycles. The lowest BCUT2D eigenvalue weighted by atomic mass is 10.1. The fourth-order valence-corrected chi connectivity index (χ4v) is 1.28. The molecule has 0 amide bonds. The number of nitrogen functional groups attached to an aromatic ring is 1. The van der Waals surface area contributed by atoms with E-state index in [1.807, 2.05) is 6.92 Å². The number of methoxy groups -OCH3 is 1. The van der Waals surface area contributed by atoms with Gasteiger partial charge in [0.15, 0.2) is 5.82 Å². The predicted molar refractivity (Wildman–Crippen MR) is 62.4 cm³/mol. The van der Waals surface area contributed by atoms with Crippen LogP contribution in [0.15, 0.2) is 6.33 Å². The van der Waals surface area contributed by atoms with Gasteiger partial charge in [-0.15, -0.1) is 0 Å². The molecule has 0 spiro atoms. The second-order valence-corrected chi connectivity index (χ2v) is 3.64. The van der Waals surface area contributed by atoms with Gasteiger partial charge in [0.1, 0.15) is 12.0 Å². The third-order valence-corrected chi connectivity index (χ3v) is 2.28. The monoisotopic (exact) mass is 226 g/mol. The Morgan fingerprint density at radius 1 is 1.56 bits per heavy atom. The first-order valence-corrected chi connectivity index (χ1v) is 5.18. The molecular weight excluding hydrogens is 208 g/mol. The van der Waals surface area contributed by atoms with Gasteiger partial charge in [-0.05, 0) is 12.3 Å². The van der Waals surface area contributed by atoms with Crippen molar-refractivity contribution in [3.8, 4) is 5.88 Å². The number of ether oxygens (including phenoxy) is 1. The molecule has 0 aliphatic carbocycles. The van der Waals surface area contributed by atoms with Crippen LogP contribution < -0.4 is 15.8 Å². The molecule has 1 aromatic heterocycles. The molecule has 16 heavy (non-hydrogen) atoms. The maximum Gasteiger partial charge on any atom is 0.242 e. The van der Waals surface area contributed by atoms with Crippen molar-refractivity contribution >= 4 is 11.5 Å². The zero-order valence-corrected chi connectivity index (χ0v) is 9.60. The first-order chi connectivity index (χ1) is 7.69. The Labute approximate surface area is 94.9 Å². The second kappa shape index (κ2) is 6.12. The first kappa shape index (κ1) is 12.5. The molecule has 1 aromatic rings. The average Bonchev–Trinajstić information content (AvgIpc) is 2.28. The molecule has 1 atom stereocenters. The number of aromatic nitrogens is 2. The summed E-state index contributed by atoms with van der Waals surface area (Å²) in [6.45, 7) is 2.92. The van der Waals surface area contributed by atoms with Crippen molar-refractivity contribution in [3.63, 3.8) is 0 Å². The van der Waals surface area contributed by atoms with Crippen molar-refractivity contribution < 1.29 is 9.84 Å². The Morgan fingerprint density at radius 3 is 2.94 bits per heavy atom. The van der Waals surface area contributed by atoms with Gasteiger partial charge in [0.2, 0.25) is 5.88 Å². The topological polar surface area (TPSA) is 93.3 Å². The Kier molecular flexibility index (Phi) is 4.78. The van der Waals surface area contributed by atoms with Crippen molar-refractivity contribution in [3.05, 3.63) is 6.33 Å². The minimum absolute atomic E-state index is 0.186. The Bertz CT molecular complexity index is 333. The van der Waals surface area contributed by atoms with Gasteiger partial charge >= 0.3 is 0 Å². The van der Waals surface area contributed by atoms with E-state index in [-0.39, 0.29) is 6.61 Å². The highest BCUT2D eigenvalue weighted by atomic mass is 16.5. The van der Waals surface area contributed by atoms with E-state index in [4.69, 9.17) is 15.6 Å². The fraction of sp³-hybridized carbons (Fsp3) is 0.600. The zero-order chi connectivity index (χ0) is 12.0. The number of nitrogens with one attached hydrogen (secondary N) is 1. The summed E-state index contributed by atoms with van der Waals surface area (Å²) >= 11 is 0. The van der Waals surface area contributed by atoms with Crippen LogP contribution >= 0.6 is 0 Å². The summed E-state index contributed by atoms with van der Waals surface area (Å²) in [7, 11) is 1.51. The van der Waals surface area contributed by atoms with Gasteiger partial charge in [0.05, 0.1) is 7.11 Å². The summed E-state index contributed by atoms with van der Waals surface area (Å²) in [5, 5.41) is 11.9. The van der Waals surface area contributed by atoms with Crippen LogP contribution in [0.1, 0.15) is 13.3 Å². The third kappa shape index (κ3) is 3.23. The number of anilines is 2. The minimum atomic E-state index is 0.186. The maximum atomic E-state index is 8.77. The third-order valence-electron chi connectivity index (χ3n) is 2.28. The molecule has 0 aromatic carbocycles. The Hall–Kier alpha value is -1.56. The van der Waals surface area contributed by atoms with E-state index in [1.165, 1.54) is 13.4 Å². The summed E-state index contributed by atoms with van der Waals surface area (Å²) < 4.78 is 4.98. The largest absolute Gasteiger partial charge is 0.479 e. The van der Waals surface area contributed by atoms with Crippen LogP contribution in [-0.4, -0.2) is 35.3 Å². The van der Waals surface area contributed by atoms with E-state index in [0.29, 0.717) is 29.8 Å². The van der Waals surface area contributed by atoms with Crippen molar-refractivity contribution in [1.29, 1.82) is 0 Å². The van der Waals surface area contributed by atoms with Crippen LogP contribution in [0.3, 0.4) is 0 Å². The molecule has 0 saturated carbocycles. The van der Waals surface area contributed by atoms with Gasteiger partial charge in [-0.1, -0.05) is 6.92 Å². The van der Waals surface area contributed by atoms with Crippen molar-refractivity contribution in [2.45, 2.75) is 13.3 Å². The van der Waals surface area contributed by atoms with Crippen LogP contribution in [0, 0.1) is 5.92 Å². The molecule has 1 rings (SSSR count). The highest BCUT2D eigenvalue weighted by molar-refractivity contribution is 5.66. The van der Waals surface area contributed by atoms with Crippen LogP contribution in [0.4, 0.5) is 11.5 Å². The molecule has 6 nitrogen and oxygen atoms in total. The molecule has 90 valence electrons. The summed E-state index contributed by atoms with van der Waals surface area (Å²) in [6.07, 6.45) is 2.14. The van der Waals surface area contributed by atoms with Gasteiger partial charge in [-0.25, -0.2) is 4.98 Å². The highest BCUT2D eigenvalue weighted by Crippen LogP contribution is 2.24. The van der Waals surface area contributed by atoms with E-state index in [1.54, 1.807) is 0 Å². The lowest BCUT2D eigenvalue weighted by Gasteiger charge is -2.13. The van der Waals surface area contributed by atoms with Crippen molar-refractivity contribution in [2.75, 3.05) is 31.3 Å². The quantitative estimate of drug-likeness (QED) is 0.654. The average molecular weight is 226 g/mol. The lowest BCUT2D eigenvalue weighted by Crippen LogP contribution is -2.15. The van der Waals surface area contributed by atoms with Gasteiger partial charge in [-0.2, -0.15) is 4.98 Å². The smallest absolute Gasteiger partial charge is 0.242 e. The first-order valence-electron chi connectivity index (χ1n) is 5.18. The van der Waals surface area contributed by atoms with Gasteiger partial charge in [0.25, 0.3) is 0 Å². The van der Waals surface area contributed by atoms with Gasteiger partial charge in [-0.3, -0.25) is 0 Å². The van der Waals surface area contributed by atoms with E-state index >= 15 is 0 Å². The second-order valence-electron chi connectivity index (χ2n) is 3.64. The molecule has 0 radical (unpaired) electrons. The van der Waals surface area contributed by atoms with Gasteiger partial charge in [0, 0.05) is 13.2 Å². The van der Waals surface area contributed by atoms with Crippen LogP contribution in [-0.2, 0) is 0 Å². The molecule has 1 heterocycles. The molecule has 0 aliphatic rings. The normalized spacial score (nSPS) is 12.2. The van der Waals surface area contributed by atoms with E-state index in [2.05, 4.69) is 15.3 Å². The predicted octanol–water partition coefficient (Wildman–Crippen LogP) is 0.498. The number of aliphatic hydroxyl groups is 1. The minimum Gasteiger partial charge on any atom is -0.479 e. The van der Waals surface area contributed by atoms with Crippen molar-refractivity contribution in [1.82, 2.24) is 9.97 Å². The summed E-state index contributed by atoms with van der Waals surface area (Å²) in [5.74, 6) is 1.29. The summed E-state index contributed by atoms with van der Waals surface area (Å²) in [6, 6.07) is 0. The lowest BCUT2D eigenvalue weighted by molar-refractivity contribution is 0.266. The molecule has 0 fully saturated rings. The SMILES string of the molecule is COc1ncnc(NCC(C)CCO)c1N. The fourth-order valence-electron chi connectivity index (χ4n) is 1.28. The molecule has 6 heteroatoms. The number of nitrogens with two attached hydrogens (primary N) is 1. The number of rotatable bonds is 6. The molecule has 4 N–H and O–H groups in total. The molecule has 1 unspecified atom stereocenters. The number of hydrogen-bond acceptors (Lipinski definition) is 6. The molecule has 0 saturated heterocycles. The van der Waals surface area contributed by atoms with E-state index < -0.39 is 0 Å². The summed E-state index contributed by atoms with van der Waals surface area (Å²) in [4.78, 5) is 7.91. The number of nitrogens with zero attached hydrogens (tertiary/aromatic N) is 2. The Morgan fingerprint density at radius 2 is 2.31 bits per heavy atom. The molecular formula is C10H18N4O2. The van der Waals surface area contributed by atoms with Crippen molar-refractivity contribution in [2.24, 2.45) is 5.92 Å².